The Balaban J connectivity index is 1.99. The topological polar surface area (TPSA) is 29.3 Å². The first-order valence-electron chi connectivity index (χ1n) is 7.15. The lowest BCUT2D eigenvalue weighted by Crippen LogP contribution is -2.49. The molecule has 1 heterocycles. The number of rotatable bonds is 3. The van der Waals surface area contributed by atoms with Gasteiger partial charge < -0.3 is 10.6 Å². The van der Waals surface area contributed by atoms with Gasteiger partial charge in [0.05, 0.1) is 4.99 Å². The van der Waals surface area contributed by atoms with Gasteiger partial charge in [0.1, 0.15) is 0 Å². The number of likely N-dealkylation sites (tertiary alicyclic amines) is 1. The highest BCUT2D eigenvalue weighted by Gasteiger charge is 2.37. The average Bonchev–Trinajstić information content (AvgIpc) is 2.30. The predicted molar refractivity (Wildman–Crippen MR) is 77.1 cm³/mol. The summed E-state index contributed by atoms with van der Waals surface area (Å²) in [6, 6.07) is 0. The monoisotopic (exact) mass is 254 g/mol. The summed E-state index contributed by atoms with van der Waals surface area (Å²) in [6.45, 7) is 5.96. The van der Waals surface area contributed by atoms with E-state index in [-0.39, 0.29) is 5.41 Å². The van der Waals surface area contributed by atoms with Crippen molar-refractivity contribution >= 4 is 17.2 Å². The van der Waals surface area contributed by atoms with Crippen LogP contribution in [0.1, 0.15) is 51.9 Å². The van der Waals surface area contributed by atoms with E-state index in [1.165, 1.54) is 58.0 Å². The Morgan fingerprint density at radius 1 is 1.29 bits per heavy atom. The van der Waals surface area contributed by atoms with E-state index < -0.39 is 0 Å². The maximum absolute atomic E-state index is 6.06. The Morgan fingerprint density at radius 2 is 2.00 bits per heavy atom. The molecular weight excluding hydrogens is 228 g/mol. The summed E-state index contributed by atoms with van der Waals surface area (Å²) >= 11 is 5.38. The molecule has 2 aliphatic rings. The highest BCUT2D eigenvalue weighted by Crippen LogP contribution is 2.38. The van der Waals surface area contributed by atoms with Crippen molar-refractivity contribution in [2.24, 2.45) is 17.1 Å². The first-order valence-corrected chi connectivity index (χ1v) is 7.55. The molecule has 0 amide bonds. The van der Waals surface area contributed by atoms with Crippen molar-refractivity contribution in [2.45, 2.75) is 51.9 Å². The molecule has 1 atom stereocenters. The van der Waals surface area contributed by atoms with Crippen molar-refractivity contribution in [3.63, 3.8) is 0 Å². The molecule has 2 rings (SSSR count). The molecule has 17 heavy (non-hydrogen) atoms. The summed E-state index contributed by atoms with van der Waals surface area (Å²) in [5, 5.41) is 0. The maximum Gasteiger partial charge on any atom is 0.0802 e. The van der Waals surface area contributed by atoms with Gasteiger partial charge >= 0.3 is 0 Å². The van der Waals surface area contributed by atoms with Crippen LogP contribution in [0.15, 0.2) is 0 Å². The molecule has 2 fully saturated rings. The summed E-state index contributed by atoms with van der Waals surface area (Å²) in [5.41, 5.74) is 6.22. The molecule has 1 unspecified atom stereocenters. The van der Waals surface area contributed by atoms with Gasteiger partial charge in [0.15, 0.2) is 0 Å². The second-order valence-corrected chi connectivity index (χ2v) is 6.63. The van der Waals surface area contributed by atoms with Crippen molar-refractivity contribution in [2.75, 3.05) is 19.6 Å². The molecule has 1 aliphatic heterocycles. The van der Waals surface area contributed by atoms with Gasteiger partial charge in [0, 0.05) is 18.5 Å². The first kappa shape index (κ1) is 13.3. The van der Waals surface area contributed by atoms with Crippen LogP contribution in [0.4, 0.5) is 0 Å². The van der Waals surface area contributed by atoms with Gasteiger partial charge in [-0.2, -0.15) is 0 Å². The Morgan fingerprint density at radius 3 is 2.59 bits per heavy atom. The largest absolute Gasteiger partial charge is 0.393 e. The standard InChI is InChI=1S/C14H26N2S/c1-12-6-5-9-16(10-12)11-14(13(15)17)7-3-2-4-8-14/h12H,2-11H2,1H3,(H2,15,17). The molecule has 3 heteroatoms. The Kier molecular flexibility index (Phi) is 4.42. The molecule has 2 N–H and O–H groups in total. The number of hydrogen-bond donors (Lipinski definition) is 1. The summed E-state index contributed by atoms with van der Waals surface area (Å²) in [5.74, 6) is 0.843. The van der Waals surface area contributed by atoms with Crippen LogP contribution in [-0.4, -0.2) is 29.5 Å². The van der Waals surface area contributed by atoms with Crippen molar-refractivity contribution in [3.05, 3.63) is 0 Å². The Labute approximate surface area is 111 Å². The van der Waals surface area contributed by atoms with Crippen LogP contribution in [0.3, 0.4) is 0 Å². The molecule has 0 aromatic rings. The molecule has 2 nitrogen and oxygen atoms in total. The van der Waals surface area contributed by atoms with E-state index in [9.17, 15) is 0 Å². The highest BCUT2D eigenvalue weighted by atomic mass is 32.1. The second kappa shape index (κ2) is 5.66. The lowest BCUT2D eigenvalue weighted by atomic mass is 9.73. The fourth-order valence-electron chi connectivity index (χ4n) is 3.57. The van der Waals surface area contributed by atoms with Gasteiger partial charge in [-0.3, -0.25) is 0 Å². The molecular formula is C14H26N2S. The van der Waals surface area contributed by atoms with Crippen molar-refractivity contribution in [3.8, 4) is 0 Å². The van der Waals surface area contributed by atoms with Crippen LogP contribution in [0.2, 0.25) is 0 Å². The maximum atomic E-state index is 6.06. The van der Waals surface area contributed by atoms with Crippen molar-refractivity contribution in [1.82, 2.24) is 4.90 Å². The van der Waals surface area contributed by atoms with Crippen molar-refractivity contribution in [1.29, 1.82) is 0 Å². The smallest absolute Gasteiger partial charge is 0.0802 e. The number of thiocarbonyl (C=S) groups is 1. The van der Waals surface area contributed by atoms with E-state index in [0.717, 1.165) is 17.5 Å². The summed E-state index contributed by atoms with van der Waals surface area (Å²) in [7, 11) is 0. The van der Waals surface area contributed by atoms with E-state index in [2.05, 4.69) is 11.8 Å². The summed E-state index contributed by atoms with van der Waals surface area (Å²) in [4.78, 5) is 3.38. The molecule has 0 spiro atoms. The number of hydrogen-bond acceptors (Lipinski definition) is 2. The van der Waals surface area contributed by atoms with Crippen LogP contribution in [0.5, 0.6) is 0 Å². The predicted octanol–water partition coefficient (Wildman–Crippen LogP) is 2.95. The van der Waals surface area contributed by atoms with Crippen LogP contribution >= 0.6 is 12.2 Å². The van der Waals surface area contributed by atoms with Gasteiger partial charge in [-0.15, -0.1) is 0 Å². The van der Waals surface area contributed by atoms with E-state index in [1.807, 2.05) is 0 Å². The van der Waals surface area contributed by atoms with Crippen LogP contribution in [0, 0.1) is 11.3 Å². The van der Waals surface area contributed by atoms with Gasteiger partial charge in [-0.05, 0) is 38.1 Å². The van der Waals surface area contributed by atoms with Gasteiger partial charge in [-0.25, -0.2) is 0 Å². The summed E-state index contributed by atoms with van der Waals surface area (Å²) < 4.78 is 0. The normalized spacial score (nSPS) is 30.1. The minimum atomic E-state index is 0.157. The van der Waals surface area contributed by atoms with E-state index >= 15 is 0 Å². The molecule has 0 aromatic carbocycles. The Bertz CT molecular complexity index is 271. The SMILES string of the molecule is CC1CCCN(CC2(C(N)=S)CCCCC2)C1. The zero-order valence-corrected chi connectivity index (χ0v) is 11.9. The second-order valence-electron chi connectivity index (χ2n) is 6.19. The molecule has 1 saturated heterocycles. The molecule has 98 valence electrons. The van der Waals surface area contributed by atoms with Crippen molar-refractivity contribution < 1.29 is 0 Å². The third kappa shape index (κ3) is 3.19. The first-order chi connectivity index (χ1) is 8.12. The molecule has 0 bridgehead atoms. The van der Waals surface area contributed by atoms with Gasteiger partial charge in [0.2, 0.25) is 0 Å². The third-order valence-electron chi connectivity index (χ3n) is 4.60. The molecule has 0 aromatic heterocycles. The van der Waals surface area contributed by atoms with Crippen LogP contribution in [0.25, 0.3) is 0 Å². The Hall–Kier alpha value is -0.150. The summed E-state index contributed by atoms with van der Waals surface area (Å²) in [6.07, 6.45) is 9.13. The highest BCUT2D eigenvalue weighted by molar-refractivity contribution is 7.80. The lowest BCUT2D eigenvalue weighted by molar-refractivity contribution is 0.119. The zero-order chi connectivity index (χ0) is 12.3. The lowest BCUT2D eigenvalue weighted by Gasteiger charge is -2.42. The van der Waals surface area contributed by atoms with Crippen LogP contribution < -0.4 is 5.73 Å². The van der Waals surface area contributed by atoms with E-state index in [4.69, 9.17) is 18.0 Å². The fourth-order valence-corrected chi connectivity index (χ4v) is 3.84. The fraction of sp³-hybridized carbons (Fsp3) is 0.929. The zero-order valence-electron chi connectivity index (χ0n) is 11.1. The van der Waals surface area contributed by atoms with Crippen LogP contribution in [-0.2, 0) is 0 Å². The average molecular weight is 254 g/mol. The van der Waals surface area contributed by atoms with E-state index in [0.29, 0.717) is 0 Å². The minimum absolute atomic E-state index is 0.157. The number of piperidine rings is 1. The third-order valence-corrected chi connectivity index (χ3v) is 5.03. The molecule has 0 radical (unpaired) electrons. The number of nitrogens with zero attached hydrogens (tertiary/aromatic N) is 1. The van der Waals surface area contributed by atoms with Gasteiger partial charge in [-0.1, -0.05) is 38.4 Å². The quantitative estimate of drug-likeness (QED) is 0.785. The van der Waals surface area contributed by atoms with Gasteiger partial charge in [0.25, 0.3) is 0 Å². The number of nitrogens with two attached hydrogens (primary N) is 1. The molecule has 1 aliphatic carbocycles. The van der Waals surface area contributed by atoms with E-state index in [1.54, 1.807) is 0 Å². The minimum Gasteiger partial charge on any atom is -0.393 e. The molecule has 1 saturated carbocycles.